The van der Waals surface area contributed by atoms with Gasteiger partial charge in [-0.05, 0) is 31.2 Å². The van der Waals surface area contributed by atoms with Gasteiger partial charge in [-0.3, -0.25) is 4.79 Å². The Kier molecular flexibility index (Phi) is 6.96. The van der Waals surface area contributed by atoms with Crippen molar-refractivity contribution < 1.29 is 18.7 Å². The first-order chi connectivity index (χ1) is 12.1. The van der Waals surface area contributed by atoms with Crippen molar-refractivity contribution in [1.82, 2.24) is 0 Å². The minimum Gasteiger partial charge on any atom is -0.459 e. The van der Waals surface area contributed by atoms with Gasteiger partial charge in [0.25, 0.3) is 5.91 Å². The lowest BCUT2D eigenvalue weighted by atomic mass is 10.2. The Labute approximate surface area is 146 Å². The molecule has 0 saturated carbocycles. The molecule has 1 aromatic carbocycles. The maximum Gasteiger partial charge on any atom is 0.266 e. The van der Waals surface area contributed by atoms with Crippen molar-refractivity contribution in [2.45, 2.75) is 13.5 Å². The number of amides is 1. The first-order valence-corrected chi connectivity index (χ1v) is 7.77. The summed E-state index contributed by atoms with van der Waals surface area (Å²) >= 11 is 0. The van der Waals surface area contributed by atoms with Crippen LogP contribution in [0.4, 0.5) is 5.69 Å². The van der Waals surface area contributed by atoms with E-state index >= 15 is 0 Å². The van der Waals surface area contributed by atoms with Gasteiger partial charge in [0.1, 0.15) is 29.8 Å². The lowest BCUT2D eigenvalue weighted by Gasteiger charge is -2.04. The van der Waals surface area contributed by atoms with Crippen molar-refractivity contribution in [3.8, 4) is 6.07 Å². The number of hydrogen-bond acceptors (Lipinski definition) is 5. The number of furan rings is 1. The van der Waals surface area contributed by atoms with Gasteiger partial charge in [0.2, 0.25) is 0 Å². The van der Waals surface area contributed by atoms with Gasteiger partial charge in [-0.2, -0.15) is 5.26 Å². The van der Waals surface area contributed by atoms with E-state index in [1.807, 2.05) is 25.1 Å². The van der Waals surface area contributed by atoms with Crippen molar-refractivity contribution in [3.63, 3.8) is 0 Å². The number of methoxy groups -OCH3 is 1. The molecule has 6 heteroatoms. The molecule has 0 aliphatic carbocycles. The highest BCUT2D eigenvalue weighted by Crippen LogP contribution is 2.15. The maximum absolute atomic E-state index is 12.2. The molecule has 0 unspecified atom stereocenters. The molecule has 0 atom stereocenters. The molecule has 1 N–H and O–H groups in total. The molecule has 6 nitrogen and oxygen atoms in total. The van der Waals surface area contributed by atoms with Crippen LogP contribution in [0.2, 0.25) is 0 Å². The van der Waals surface area contributed by atoms with Crippen molar-refractivity contribution in [3.05, 3.63) is 59.1 Å². The molecule has 0 aliphatic rings. The molecule has 25 heavy (non-hydrogen) atoms. The minimum absolute atomic E-state index is 0.0400. The predicted octanol–water partition coefficient (Wildman–Crippen LogP) is 3.30. The SMILES string of the molecule is COCCOCc1ccc(/C=C(\C#N)C(=O)Nc2ccc(C)cc2)o1. The van der Waals surface area contributed by atoms with Crippen LogP contribution in [0.15, 0.2) is 46.4 Å². The summed E-state index contributed by atoms with van der Waals surface area (Å²) in [6, 6.07) is 12.7. The maximum atomic E-state index is 12.2. The average Bonchev–Trinajstić information content (AvgIpc) is 3.06. The monoisotopic (exact) mass is 340 g/mol. The number of hydrogen-bond donors (Lipinski definition) is 1. The van der Waals surface area contributed by atoms with Crippen molar-refractivity contribution >= 4 is 17.7 Å². The van der Waals surface area contributed by atoms with Gasteiger partial charge in [-0.1, -0.05) is 17.7 Å². The fourth-order valence-electron chi connectivity index (χ4n) is 1.99. The molecule has 0 bridgehead atoms. The molecule has 1 aromatic heterocycles. The molecule has 1 amide bonds. The molecule has 2 aromatic rings. The summed E-state index contributed by atoms with van der Waals surface area (Å²) in [6.45, 7) is 3.23. The van der Waals surface area contributed by atoms with Crippen LogP contribution in [0.25, 0.3) is 6.08 Å². The number of ether oxygens (including phenoxy) is 2. The first kappa shape index (κ1) is 18.5. The molecular weight excluding hydrogens is 320 g/mol. The second kappa shape index (κ2) is 9.42. The molecular formula is C19H20N2O4. The number of carbonyl (C=O) groups excluding carboxylic acids is 1. The third kappa shape index (κ3) is 5.92. The molecule has 0 fully saturated rings. The summed E-state index contributed by atoms with van der Waals surface area (Å²) < 4.78 is 15.8. The fraction of sp³-hybridized carbons (Fsp3) is 0.263. The van der Waals surface area contributed by atoms with E-state index in [1.54, 1.807) is 31.4 Å². The van der Waals surface area contributed by atoms with E-state index < -0.39 is 5.91 Å². The van der Waals surface area contributed by atoms with E-state index in [-0.39, 0.29) is 5.57 Å². The van der Waals surface area contributed by atoms with Crippen LogP contribution in [0.5, 0.6) is 0 Å². The Balaban J connectivity index is 1.99. The topological polar surface area (TPSA) is 84.5 Å². The highest BCUT2D eigenvalue weighted by atomic mass is 16.5. The number of carbonyl (C=O) groups is 1. The van der Waals surface area contributed by atoms with Crippen molar-refractivity contribution in [2.75, 3.05) is 25.6 Å². The van der Waals surface area contributed by atoms with Crippen molar-refractivity contribution in [2.24, 2.45) is 0 Å². The summed E-state index contributed by atoms with van der Waals surface area (Å²) in [5, 5.41) is 11.9. The largest absolute Gasteiger partial charge is 0.459 e. The summed E-state index contributed by atoms with van der Waals surface area (Å²) in [6.07, 6.45) is 1.40. The highest BCUT2D eigenvalue weighted by Gasteiger charge is 2.11. The Morgan fingerprint density at radius 1 is 1.24 bits per heavy atom. The number of nitrogens with one attached hydrogen (secondary N) is 1. The first-order valence-electron chi connectivity index (χ1n) is 7.77. The number of anilines is 1. The van der Waals surface area contributed by atoms with E-state index in [9.17, 15) is 10.1 Å². The van der Waals surface area contributed by atoms with Gasteiger partial charge in [-0.25, -0.2) is 0 Å². The van der Waals surface area contributed by atoms with Gasteiger partial charge in [0.15, 0.2) is 0 Å². The standard InChI is InChI=1S/C19H20N2O4/c1-14-3-5-16(6-4-14)21-19(22)15(12-20)11-17-7-8-18(25-17)13-24-10-9-23-2/h3-8,11H,9-10,13H2,1-2H3,(H,21,22)/b15-11+. The van der Waals surface area contributed by atoms with Crippen molar-refractivity contribution in [1.29, 1.82) is 5.26 Å². The Morgan fingerprint density at radius 2 is 2.00 bits per heavy atom. The smallest absolute Gasteiger partial charge is 0.266 e. The van der Waals surface area contributed by atoms with Crippen LogP contribution in [-0.4, -0.2) is 26.2 Å². The molecule has 0 aliphatic heterocycles. The van der Waals surface area contributed by atoms with Gasteiger partial charge in [-0.15, -0.1) is 0 Å². The van der Waals surface area contributed by atoms with Crippen LogP contribution in [-0.2, 0) is 20.9 Å². The summed E-state index contributed by atoms with van der Waals surface area (Å²) in [4.78, 5) is 12.2. The van der Waals surface area contributed by atoms with Gasteiger partial charge in [0.05, 0.1) is 13.2 Å². The summed E-state index contributed by atoms with van der Waals surface area (Å²) in [5.74, 6) is 0.542. The normalized spacial score (nSPS) is 11.2. The zero-order valence-electron chi connectivity index (χ0n) is 14.2. The predicted molar refractivity (Wildman–Crippen MR) is 93.6 cm³/mol. The van der Waals surface area contributed by atoms with Gasteiger partial charge >= 0.3 is 0 Å². The van der Waals surface area contributed by atoms with Crippen LogP contribution < -0.4 is 5.32 Å². The second-order valence-electron chi connectivity index (χ2n) is 5.34. The average molecular weight is 340 g/mol. The van der Waals surface area contributed by atoms with E-state index in [4.69, 9.17) is 13.9 Å². The van der Waals surface area contributed by atoms with Crippen LogP contribution >= 0.6 is 0 Å². The van der Waals surface area contributed by atoms with E-state index in [0.29, 0.717) is 37.0 Å². The fourth-order valence-corrected chi connectivity index (χ4v) is 1.99. The highest BCUT2D eigenvalue weighted by molar-refractivity contribution is 6.09. The lowest BCUT2D eigenvalue weighted by molar-refractivity contribution is -0.112. The third-order valence-corrected chi connectivity index (χ3v) is 3.32. The quantitative estimate of drug-likeness (QED) is 0.453. The zero-order chi connectivity index (χ0) is 18.1. The molecule has 2 rings (SSSR count). The summed E-state index contributed by atoms with van der Waals surface area (Å²) in [5.41, 5.74) is 1.68. The molecule has 0 spiro atoms. The van der Waals surface area contributed by atoms with Crippen LogP contribution in [0.1, 0.15) is 17.1 Å². The molecule has 1 heterocycles. The lowest BCUT2D eigenvalue weighted by Crippen LogP contribution is -2.13. The summed E-state index contributed by atoms with van der Waals surface area (Å²) in [7, 11) is 1.60. The Morgan fingerprint density at radius 3 is 2.68 bits per heavy atom. The molecule has 130 valence electrons. The van der Waals surface area contributed by atoms with E-state index in [1.165, 1.54) is 6.08 Å². The van der Waals surface area contributed by atoms with Crippen LogP contribution in [0, 0.1) is 18.3 Å². The van der Waals surface area contributed by atoms with Crippen LogP contribution in [0.3, 0.4) is 0 Å². The number of nitriles is 1. The van der Waals surface area contributed by atoms with Gasteiger partial charge < -0.3 is 19.2 Å². The number of rotatable bonds is 8. The minimum atomic E-state index is -0.486. The number of benzene rings is 1. The zero-order valence-corrected chi connectivity index (χ0v) is 14.2. The number of nitrogens with zero attached hydrogens (tertiary/aromatic N) is 1. The Bertz CT molecular complexity index is 769. The molecule has 0 radical (unpaired) electrons. The van der Waals surface area contributed by atoms with Gasteiger partial charge in [0, 0.05) is 18.9 Å². The Hall–Kier alpha value is -2.88. The van der Waals surface area contributed by atoms with E-state index in [0.717, 1.165) is 5.56 Å². The number of aryl methyl sites for hydroxylation is 1. The second-order valence-corrected chi connectivity index (χ2v) is 5.34. The molecule has 0 saturated heterocycles. The third-order valence-electron chi connectivity index (χ3n) is 3.32. The van der Waals surface area contributed by atoms with E-state index in [2.05, 4.69) is 5.32 Å².